The predicted molar refractivity (Wildman–Crippen MR) is 145 cm³/mol. The summed E-state index contributed by atoms with van der Waals surface area (Å²) in [6.07, 6.45) is 20.9. The molecule has 0 aromatic heterocycles. The van der Waals surface area contributed by atoms with Gasteiger partial charge in [-0.05, 0) is 11.5 Å². The van der Waals surface area contributed by atoms with E-state index in [4.69, 9.17) is 4.55 Å². The van der Waals surface area contributed by atoms with Gasteiger partial charge in [-0.15, -0.1) is 0 Å². The van der Waals surface area contributed by atoms with E-state index < -0.39 is 10.1 Å². The third kappa shape index (κ3) is 15.5. The van der Waals surface area contributed by atoms with Crippen molar-refractivity contribution >= 4 is 54.7 Å². The second-order valence-electron chi connectivity index (χ2n) is 9.26. The van der Waals surface area contributed by atoms with E-state index in [9.17, 15) is 8.42 Å². The molecule has 0 fully saturated rings. The van der Waals surface area contributed by atoms with Crippen molar-refractivity contribution in [1.82, 2.24) is 0 Å². The molecule has 1 N–H and O–H groups in total. The van der Waals surface area contributed by atoms with Crippen molar-refractivity contribution in [3.8, 4) is 0 Å². The number of hydrogen-bond donors (Lipinski definition) is 1. The molecule has 184 valence electrons. The summed E-state index contributed by atoms with van der Waals surface area (Å²) in [5.41, 5.74) is 0. The van der Waals surface area contributed by atoms with Crippen molar-refractivity contribution in [2.24, 2.45) is 0 Å². The first kappa shape index (κ1) is 30.9. The van der Waals surface area contributed by atoms with Gasteiger partial charge in [0.05, 0.1) is 0 Å². The summed E-state index contributed by atoms with van der Waals surface area (Å²) in [6.45, 7) is 4.61. The second-order valence-corrected chi connectivity index (χ2v) is 14.0. The van der Waals surface area contributed by atoms with Gasteiger partial charge in [-0.2, -0.15) is 8.42 Å². The summed E-state index contributed by atoms with van der Waals surface area (Å²) >= 11 is -0.0847. The van der Waals surface area contributed by atoms with E-state index in [1.54, 1.807) is 48.2 Å². The monoisotopic (exact) mass is 502 g/mol. The van der Waals surface area contributed by atoms with Crippen LogP contribution in [0.15, 0.2) is 47.4 Å². The van der Waals surface area contributed by atoms with E-state index >= 15 is 0 Å². The Kier molecular flexibility index (Phi) is 18.8. The molecule has 3 nitrogen and oxygen atoms in total. The summed E-state index contributed by atoms with van der Waals surface area (Å²) in [7, 11) is -4.13. The summed E-state index contributed by atoms with van der Waals surface area (Å²) in [5, 5.41) is 1.33. The molecule has 0 saturated carbocycles. The molecule has 0 bridgehead atoms. The van der Waals surface area contributed by atoms with Crippen LogP contribution < -0.4 is 0 Å². The summed E-state index contributed by atoms with van der Waals surface area (Å²) < 4.78 is 34.3. The molecule has 2 aromatic rings. The van der Waals surface area contributed by atoms with Gasteiger partial charge in [0, 0.05) is 5.39 Å². The number of unbranched alkanes of at least 4 members (excludes halogenated alkanes) is 12. The summed E-state index contributed by atoms with van der Waals surface area (Å²) in [6, 6.07) is 11.8. The van der Waals surface area contributed by atoms with Crippen molar-refractivity contribution in [1.29, 1.82) is 0 Å². The fourth-order valence-electron chi connectivity index (χ4n) is 4.22. The molecule has 33 heavy (non-hydrogen) atoms. The number of rotatable bonds is 17. The molecule has 2 aromatic carbocycles. The standard InChI is InChI=1S/C10H8O3S.2C9H19.Ca/c11-14(12,13)10-7-3-5-8-4-1-2-6-9(8)10;2*1-3-5-7-9-8-6-4-2;/h1-7H,(H,11,12,13);2*1,3-9H2,2H3;. The fraction of sp³-hybridized carbons (Fsp3) is 0.643. The Morgan fingerprint density at radius 3 is 1.61 bits per heavy atom. The smallest absolute Gasteiger partial charge is 0.282 e. The molecule has 0 unspecified atom stereocenters. The van der Waals surface area contributed by atoms with Crippen LogP contribution in [-0.2, 0) is 10.1 Å². The molecule has 2 rings (SSSR count). The SMILES string of the molecule is CCCCCCCC[CH2][Ca][CH2]CCCCCCCC.O=S(=O)(O)c1cccc2ccccc12. The van der Waals surface area contributed by atoms with Crippen molar-refractivity contribution < 1.29 is 13.0 Å². The van der Waals surface area contributed by atoms with Crippen LogP contribution in [0.2, 0.25) is 5.04 Å². The van der Waals surface area contributed by atoms with Crippen LogP contribution in [0.5, 0.6) is 0 Å². The van der Waals surface area contributed by atoms with E-state index in [1.165, 1.54) is 83.1 Å². The molecule has 5 heteroatoms. The van der Waals surface area contributed by atoms with E-state index in [2.05, 4.69) is 13.8 Å². The first-order chi connectivity index (χ1) is 16.0. The van der Waals surface area contributed by atoms with Gasteiger partial charge in [0.15, 0.2) is 0 Å². The third-order valence-electron chi connectivity index (χ3n) is 6.23. The van der Waals surface area contributed by atoms with Gasteiger partial charge in [0.2, 0.25) is 0 Å². The van der Waals surface area contributed by atoms with E-state index in [0.29, 0.717) is 5.39 Å². The van der Waals surface area contributed by atoms with Crippen LogP contribution in [0.1, 0.15) is 104 Å². The van der Waals surface area contributed by atoms with Gasteiger partial charge >= 0.3 is 143 Å². The molecular formula is C28H46CaO3S. The third-order valence-corrected chi connectivity index (χ3v) is 10.3. The van der Waals surface area contributed by atoms with Crippen molar-refractivity contribution in [3.05, 3.63) is 42.5 Å². The minimum absolute atomic E-state index is 0.0457. The van der Waals surface area contributed by atoms with Gasteiger partial charge in [0.1, 0.15) is 4.90 Å². The minimum atomic E-state index is -4.13. The van der Waals surface area contributed by atoms with E-state index in [-0.39, 0.29) is 38.7 Å². The Hall–Kier alpha value is -0.130. The van der Waals surface area contributed by atoms with Crippen LogP contribution in [0.3, 0.4) is 0 Å². The minimum Gasteiger partial charge on any atom is -0.282 e. The summed E-state index contributed by atoms with van der Waals surface area (Å²) in [5.74, 6) is 0. The van der Waals surface area contributed by atoms with Crippen LogP contribution >= 0.6 is 0 Å². The first-order valence-corrected chi connectivity index (χ1v) is 18.0. The van der Waals surface area contributed by atoms with Crippen molar-refractivity contribution in [2.75, 3.05) is 0 Å². The van der Waals surface area contributed by atoms with Gasteiger partial charge in [-0.25, -0.2) is 0 Å². The summed E-state index contributed by atoms with van der Waals surface area (Å²) in [4.78, 5) is -0.0457. The van der Waals surface area contributed by atoms with Crippen LogP contribution in [0, 0.1) is 0 Å². The van der Waals surface area contributed by atoms with E-state index in [0.717, 1.165) is 5.39 Å². The Labute approximate surface area is 222 Å². The van der Waals surface area contributed by atoms with Gasteiger partial charge in [-0.3, -0.25) is 4.55 Å². The quantitative estimate of drug-likeness (QED) is 0.133. The number of hydrogen-bond acceptors (Lipinski definition) is 2. The van der Waals surface area contributed by atoms with Crippen molar-refractivity contribution in [2.45, 2.75) is 114 Å². The zero-order chi connectivity index (χ0) is 24.2. The zero-order valence-corrected chi connectivity index (χ0v) is 24.3. The maximum Gasteiger partial charge on any atom is 0.295 e. The average Bonchev–Trinajstić information content (AvgIpc) is 2.81. The largest absolute Gasteiger partial charge is 0.295 e. The average molecular weight is 503 g/mol. The molecule has 0 aliphatic rings. The molecule has 0 radical (unpaired) electrons. The van der Waals surface area contributed by atoms with Gasteiger partial charge in [0.25, 0.3) is 10.1 Å². The van der Waals surface area contributed by atoms with E-state index in [1.807, 2.05) is 6.07 Å². The molecule has 0 spiro atoms. The molecule has 0 atom stereocenters. The van der Waals surface area contributed by atoms with Gasteiger partial charge in [-0.1, -0.05) is 36.4 Å². The maximum atomic E-state index is 11.0. The zero-order valence-electron chi connectivity index (χ0n) is 21.2. The Morgan fingerprint density at radius 2 is 1.09 bits per heavy atom. The number of fused-ring (bicyclic) bond motifs is 1. The Balaban J connectivity index is 0.000000342. The fourth-order valence-corrected chi connectivity index (χ4v) is 7.69. The normalized spacial score (nSPS) is 11.1. The van der Waals surface area contributed by atoms with Crippen LogP contribution in [0.25, 0.3) is 10.8 Å². The second kappa shape index (κ2) is 20.1. The molecule has 0 aliphatic carbocycles. The van der Waals surface area contributed by atoms with Crippen LogP contribution in [0.4, 0.5) is 0 Å². The Morgan fingerprint density at radius 1 is 0.636 bits per heavy atom. The van der Waals surface area contributed by atoms with Crippen LogP contribution in [-0.4, -0.2) is 46.8 Å². The van der Waals surface area contributed by atoms with Gasteiger partial charge < -0.3 is 0 Å². The number of benzene rings is 2. The molecule has 0 heterocycles. The predicted octanol–water partition coefficient (Wildman–Crippen LogP) is 9.11. The maximum absolute atomic E-state index is 11.0. The molecule has 0 saturated heterocycles. The molecule has 0 aliphatic heterocycles. The Bertz CT molecular complexity index is 815. The van der Waals surface area contributed by atoms with Crippen molar-refractivity contribution in [3.63, 3.8) is 0 Å². The molecule has 0 amide bonds. The first-order valence-electron chi connectivity index (χ1n) is 13.5. The molecular weight excluding hydrogens is 456 g/mol. The topological polar surface area (TPSA) is 54.4 Å².